The molecular weight excluding hydrogens is 288 g/mol. The van der Waals surface area contributed by atoms with Gasteiger partial charge in [0.2, 0.25) is 0 Å². The Morgan fingerprint density at radius 1 is 1.24 bits per heavy atom. The highest BCUT2D eigenvalue weighted by Gasteiger charge is 2.20. The summed E-state index contributed by atoms with van der Waals surface area (Å²) in [4.78, 5) is 0.258. The molecule has 1 fully saturated rings. The minimum Gasteiger partial charge on any atom is -0.380 e. The van der Waals surface area contributed by atoms with Crippen LogP contribution in [0.5, 0.6) is 0 Å². The van der Waals surface area contributed by atoms with E-state index in [4.69, 9.17) is 10.00 Å². The third-order valence-electron chi connectivity index (χ3n) is 3.36. The average Bonchev–Trinajstić information content (AvgIpc) is 3.30. The Hall–Kier alpha value is -1.42. The highest BCUT2D eigenvalue weighted by atomic mass is 32.2. The van der Waals surface area contributed by atoms with Crippen molar-refractivity contribution in [1.29, 1.82) is 5.26 Å². The summed E-state index contributed by atoms with van der Waals surface area (Å²) in [6.45, 7) is 2.50. The molecule has 6 heteroatoms. The van der Waals surface area contributed by atoms with Crippen LogP contribution in [0.25, 0.3) is 0 Å². The average molecular weight is 308 g/mol. The van der Waals surface area contributed by atoms with E-state index in [-0.39, 0.29) is 10.6 Å². The minimum absolute atomic E-state index is 0.0432. The van der Waals surface area contributed by atoms with E-state index in [1.54, 1.807) is 0 Å². The maximum absolute atomic E-state index is 12.1. The Bertz CT molecular complexity index is 586. The first-order valence-electron chi connectivity index (χ1n) is 7.13. The molecule has 1 aromatic rings. The summed E-state index contributed by atoms with van der Waals surface area (Å²) in [7, 11) is -3.29. The zero-order valence-corrected chi connectivity index (χ0v) is 12.7. The van der Waals surface area contributed by atoms with Crippen molar-refractivity contribution in [3.8, 4) is 6.07 Å². The van der Waals surface area contributed by atoms with Gasteiger partial charge in [-0.15, -0.1) is 0 Å². The van der Waals surface area contributed by atoms with Gasteiger partial charge in [-0.25, -0.2) is 8.42 Å². The molecule has 0 bridgehead atoms. The van der Waals surface area contributed by atoms with Gasteiger partial charge in [-0.1, -0.05) is 0 Å². The lowest BCUT2D eigenvalue weighted by Gasteiger charge is -2.07. The number of benzene rings is 1. The van der Waals surface area contributed by atoms with Crippen LogP contribution in [0.2, 0.25) is 0 Å². The van der Waals surface area contributed by atoms with Gasteiger partial charge in [-0.3, -0.25) is 0 Å². The Morgan fingerprint density at radius 2 is 1.95 bits per heavy atom. The van der Waals surface area contributed by atoms with Gasteiger partial charge >= 0.3 is 0 Å². The molecule has 2 rings (SSSR count). The molecule has 1 aromatic carbocycles. The second-order valence-electron chi connectivity index (χ2n) is 5.22. The zero-order chi connectivity index (χ0) is 15.1. The molecule has 1 saturated carbocycles. The van der Waals surface area contributed by atoms with Crippen molar-refractivity contribution in [1.82, 2.24) is 5.32 Å². The SMILES string of the molecule is N#Cc1ccc(S(=O)(=O)CCNCCOCC2CC2)cc1. The Balaban J connectivity index is 1.66. The summed E-state index contributed by atoms with van der Waals surface area (Å²) < 4.78 is 29.6. The number of hydrogen-bond donors (Lipinski definition) is 1. The van der Waals surface area contributed by atoms with E-state index in [0.29, 0.717) is 25.3 Å². The van der Waals surface area contributed by atoms with E-state index in [1.807, 2.05) is 6.07 Å². The van der Waals surface area contributed by atoms with Crippen LogP contribution >= 0.6 is 0 Å². The number of ether oxygens (including phenoxy) is 1. The molecule has 0 aliphatic heterocycles. The van der Waals surface area contributed by atoms with Crippen LogP contribution in [0.4, 0.5) is 0 Å². The molecule has 1 N–H and O–H groups in total. The predicted molar refractivity (Wildman–Crippen MR) is 79.6 cm³/mol. The third kappa shape index (κ3) is 5.46. The van der Waals surface area contributed by atoms with E-state index in [1.165, 1.54) is 37.1 Å². The number of sulfone groups is 1. The van der Waals surface area contributed by atoms with Gasteiger partial charge in [-0.05, 0) is 43.0 Å². The molecule has 21 heavy (non-hydrogen) atoms. The van der Waals surface area contributed by atoms with E-state index in [0.717, 1.165) is 12.5 Å². The van der Waals surface area contributed by atoms with Crippen molar-refractivity contribution in [2.24, 2.45) is 5.92 Å². The second-order valence-corrected chi connectivity index (χ2v) is 7.33. The molecule has 114 valence electrons. The number of nitrogens with one attached hydrogen (secondary N) is 1. The van der Waals surface area contributed by atoms with E-state index in [2.05, 4.69) is 5.32 Å². The van der Waals surface area contributed by atoms with Gasteiger partial charge in [0.15, 0.2) is 9.84 Å². The lowest BCUT2D eigenvalue weighted by atomic mass is 10.2. The molecule has 0 unspecified atom stereocenters. The summed E-state index contributed by atoms with van der Waals surface area (Å²) in [5.41, 5.74) is 0.458. The van der Waals surface area contributed by atoms with Crippen molar-refractivity contribution in [2.75, 3.05) is 32.1 Å². The fraction of sp³-hybridized carbons (Fsp3) is 0.533. The first-order valence-corrected chi connectivity index (χ1v) is 8.78. The largest absolute Gasteiger partial charge is 0.380 e. The molecule has 0 aromatic heterocycles. The van der Waals surface area contributed by atoms with Gasteiger partial charge in [0.25, 0.3) is 0 Å². The molecule has 0 radical (unpaired) electrons. The van der Waals surface area contributed by atoms with Gasteiger partial charge in [-0.2, -0.15) is 5.26 Å². The predicted octanol–water partition coefficient (Wildman–Crippen LogP) is 1.35. The summed E-state index contributed by atoms with van der Waals surface area (Å²) in [5.74, 6) is 0.795. The fourth-order valence-corrected chi connectivity index (χ4v) is 3.06. The second kappa shape index (κ2) is 7.55. The maximum atomic E-state index is 12.1. The van der Waals surface area contributed by atoms with E-state index >= 15 is 0 Å². The molecule has 1 aliphatic carbocycles. The topological polar surface area (TPSA) is 79.2 Å². The summed E-state index contributed by atoms with van der Waals surface area (Å²) in [6.07, 6.45) is 2.55. The van der Waals surface area contributed by atoms with Crippen molar-refractivity contribution in [3.05, 3.63) is 29.8 Å². The van der Waals surface area contributed by atoms with Crippen LogP contribution in [0, 0.1) is 17.2 Å². The standard InChI is InChI=1S/C15H20N2O3S/c16-11-13-3-5-15(6-4-13)21(18,19)10-8-17-7-9-20-12-14-1-2-14/h3-6,14,17H,1-2,7-10,12H2. The van der Waals surface area contributed by atoms with Crippen LogP contribution in [0.3, 0.4) is 0 Å². The summed E-state index contributed by atoms with van der Waals surface area (Å²) >= 11 is 0. The number of nitriles is 1. The quantitative estimate of drug-likeness (QED) is 0.697. The monoisotopic (exact) mass is 308 g/mol. The lowest BCUT2D eigenvalue weighted by molar-refractivity contribution is 0.126. The van der Waals surface area contributed by atoms with Crippen LogP contribution in [-0.2, 0) is 14.6 Å². The molecule has 0 spiro atoms. The molecule has 0 heterocycles. The number of hydrogen-bond acceptors (Lipinski definition) is 5. The van der Waals surface area contributed by atoms with Crippen molar-refractivity contribution >= 4 is 9.84 Å². The fourth-order valence-electron chi connectivity index (χ4n) is 1.87. The number of rotatable bonds is 9. The van der Waals surface area contributed by atoms with Gasteiger partial charge in [0.1, 0.15) is 0 Å². The minimum atomic E-state index is -3.29. The molecule has 1 aliphatic rings. The molecule has 0 amide bonds. The van der Waals surface area contributed by atoms with Crippen LogP contribution in [-0.4, -0.2) is 40.5 Å². The summed E-state index contributed by atoms with van der Waals surface area (Å²) in [6, 6.07) is 7.97. The third-order valence-corrected chi connectivity index (χ3v) is 5.10. The Labute approximate surface area is 125 Å². The highest BCUT2D eigenvalue weighted by molar-refractivity contribution is 7.91. The molecule has 0 saturated heterocycles. The van der Waals surface area contributed by atoms with Crippen LogP contribution in [0.15, 0.2) is 29.2 Å². The number of nitrogens with zero attached hydrogens (tertiary/aromatic N) is 1. The first kappa shape index (κ1) is 16.0. The summed E-state index contributed by atoms with van der Waals surface area (Å²) in [5, 5.41) is 11.8. The Morgan fingerprint density at radius 3 is 2.57 bits per heavy atom. The van der Waals surface area contributed by atoms with E-state index in [9.17, 15) is 8.42 Å². The lowest BCUT2D eigenvalue weighted by Crippen LogP contribution is -2.26. The molecule has 5 nitrogen and oxygen atoms in total. The highest BCUT2D eigenvalue weighted by Crippen LogP contribution is 2.28. The maximum Gasteiger partial charge on any atom is 0.179 e. The van der Waals surface area contributed by atoms with Gasteiger partial charge < -0.3 is 10.1 Å². The molecular formula is C15H20N2O3S. The van der Waals surface area contributed by atoms with Crippen molar-refractivity contribution < 1.29 is 13.2 Å². The molecule has 0 atom stereocenters. The van der Waals surface area contributed by atoms with Gasteiger partial charge in [0, 0.05) is 19.7 Å². The normalized spacial score (nSPS) is 14.8. The van der Waals surface area contributed by atoms with Crippen molar-refractivity contribution in [3.63, 3.8) is 0 Å². The Kier molecular flexibility index (Phi) is 5.74. The smallest absolute Gasteiger partial charge is 0.179 e. The van der Waals surface area contributed by atoms with Crippen molar-refractivity contribution in [2.45, 2.75) is 17.7 Å². The van der Waals surface area contributed by atoms with Crippen LogP contribution in [0.1, 0.15) is 18.4 Å². The van der Waals surface area contributed by atoms with E-state index < -0.39 is 9.84 Å². The zero-order valence-electron chi connectivity index (χ0n) is 11.9. The van der Waals surface area contributed by atoms with Crippen LogP contribution < -0.4 is 5.32 Å². The first-order chi connectivity index (χ1) is 10.1. The van der Waals surface area contributed by atoms with Gasteiger partial charge in [0.05, 0.1) is 28.9 Å².